The Balaban J connectivity index is 1.50. The number of hydrogen-bond donors (Lipinski definition) is 2. The lowest BCUT2D eigenvalue weighted by molar-refractivity contribution is 0.0995. The van der Waals surface area contributed by atoms with Gasteiger partial charge in [-0.25, -0.2) is 4.98 Å². The number of benzene rings is 1. The first kappa shape index (κ1) is 17.2. The van der Waals surface area contributed by atoms with Crippen molar-refractivity contribution in [2.24, 2.45) is 5.73 Å². The number of nitrogens with zero attached hydrogens (tertiary/aromatic N) is 4. The number of anilines is 1. The van der Waals surface area contributed by atoms with Gasteiger partial charge >= 0.3 is 0 Å². The molecule has 1 amide bonds. The molecule has 7 heteroatoms. The average Bonchev–Trinajstić information content (AvgIpc) is 3.18. The van der Waals surface area contributed by atoms with Crippen LogP contribution in [0.1, 0.15) is 40.5 Å². The van der Waals surface area contributed by atoms with Crippen LogP contribution in [-0.2, 0) is 0 Å². The second kappa shape index (κ2) is 7.19. The van der Waals surface area contributed by atoms with Gasteiger partial charge in [-0.1, -0.05) is 29.8 Å². The molecule has 7 nitrogen and oxygen atoms in total. The van der Waals surface area contributed by atoms with E-state index < -0.39 is 5.91 Å². The van der Waals surface area contributed by atoms with Crippen molar-refractivity contribution in [1.29, 1.82) is 0 Å². The van der Waals surface area contributed by atoms with Gasteiger partial charge in [-0.2, -0.15) is 5.10 Å². The van der Waals surface area contributed by atoms with E-state index in [1.54, 1.807) is 6.20 Å². The Labute approximate surface area is 157 Å². The fourth-order valence-corrected chi connectivity index (χ4v) is 3.67. The maximum Gasteiger partial charge on any atom is 0.268 e. The summed E-state index contributed by atoms with van der Waals surface area (Å²) in [6, 6.07) is 8.49. The third kappa shape index (κ3) is 3.53. The minimum Gasteiger partial charge on any atom is -0.364 e. The monoisotopic (exact) mass is 362 g/mol. The van der Waals surface area contributed by atoms with Crippen molar-refractivity contribution >= 4 is 11.7 Å². The Bertz CT molecular complexity index is 958. The molecule has 0 saturated carbocycles. The van der Waals surface area contributed by atoms with E-state index in [0.717, 1.165) is 25.9 Å². The molecule has 0 aliphatic carbocycles. The highest BCUT2D eigenvalue weighted by Gasteiger charge is 2.25. The van der Waals surface area contributed by atoms with Crippen LogP contribution in [-0.4, -0.2) is 39.2 Å². The molecule has 0 bridgehead atoms. The standard InChI is InChI=1S/C20H22N6O/c1-13-3-2-4-15(9-13)16-10-23-25-19(16)14-5-7-26(8-6-14)18-12-22-11-17(24-18)20(21)27/h2-4,9-12,14H,5-8H2,1H3,(H2,21,27)(H,23,25). The number of amides is 1. The smallest absolute Gasteiger partial charge is 0.268 e. The molecule has 0 atom stereocenters. The fraction of sp³-hybridized carbons (Fsp3) is 0.300. The average molecular weight is 362 g/mol. The second-order valence-electron chi connectivity index (χ2n) is 6.95. The van der Waals surface area contributed by atoms with Crippen LogP contribution in [0.5, 0.6) is 0 Å². The van der Waals surface area contributed by atoms with E-state index >= 15 is 0 Å². The van der Waals surface area contributed by atoms with E-state index in [0.29, 0.717) is 11.7 Å². The summed E-state index contributed by atoms with van der Waals surface area (Å²) >= 11 is 0. The summed E-state index contributed by atoms with van der Waals surface area (Å²) in [6.45, 7) is 3.78. The number of piperidine rings is 1. The maximum absolute atomic E-state index is 11.3. The van der Waals surface area contributed by atoms with Crippen LogP contribution >= 0.6 is 0 Å². The van der Waals surface area contributed by atoms with Gasteiger partial charge < -0.3 is 10.6 Å². The molecule has 2 aromatic heterocycles. The number of hydrogen-bond acceptors (Lipinski definition) is 5. The molecule has 4 rings (SSSR count). The van der Waals surface area contributed by atoms with Crippen molar-refractivity contribution in [2.75, 3.05) is 18.0 Å². The van der Waals surface area contributed by atoms with Crippen LogP contribution in [0.25, 0.3) is 11.1 Å². The number of aryl methyl sites for hydroxylation is 1. The summed E-state index contributed by atoms with van der Waals surface area (Å²) in [5, 5.41) is 7.51. The number of nitrogens with one attached hydrogen (secondary N) is 1. The highest BCUT2D eigenvalue weighted by molar-refractivity contribution is 5.90. The first-order valence-electron chi connectivity index (χ1n) is 9.09. The molecule has 1 saturated heterocycles. The van der Waals surface area contributed by atoms with Crippen molar-refractivity contribution in [3.05, 3.63) is 59.8 Å². The summed E-state index contributed by atoms with van der Waals surface area (Å²) in [5.74, 6) is 0.555. The molecule has 3 heterocycles. The van der Waals surface area contributed by atoms with Gasteiger partial charge in [0.25, 0.3) is 5.91 Å². The van der Waals surface area contributed by atoms with Crippen LogP contribution in [0, 0.1) is 6.92 Å². The van der Waals surface area contributed by atoms with E-state index in [-0.39, 0.29) is 5.69 Å². The number of rotatable bonds is 4. The second-order valence-corrected chi connectivity index (χ2v) is 6.95. The van der Waals surface area contributed by atoms with Crippen LogP contribution in [0.3, 0.4) is 0 Å². The summed E-state index contributed by atoms with van der Waals surface area (Å²) in [7, 11) is 0. The normalized spacial score (nSPS) is 15.1. The summed E-state index contributed by atoms with van der Waals surface area (Å²) in [4.78, 5) is 21.9. The van der Waals surface area contributed by atoms with E-state index in [4.69, 9.17) is 5.73 Å². The van der Waals surface area contributed by atoms with Gasteiger partial charge in [-0.15, -0.1) is 0 Å². The molecule has 1 aliphatic rings. The van der Waals surface area contributed by atoms with Crippen LogP contribution in [0.15, 0.2) is 42.9 Å². The molecule has 0 spiro atoms. The Morgan fingerprint density at radius 1 is 1.22 bits per heavy atom. The third-order valence-electron chi connectivity index (χ3n) is 5.10. The van der Waals surface area contributed by atoms with Gasteiger partial charge in [0.05, 0.1) is 18.6 Å². The number of primary amides is 1. The van der Waals surface area contributed by atoms with E-state index in [9.17, 15) is 4.79 Å². The molecule has 1 aromatic carbocycles. The molecule has 3 N–H and O–H groups in total. The number of carbonyl (C=O) groups is 1. The largest absolute Gasteiger partial charge is 0.364 e. The number of H-pyrrole nitrogens is 1. The van der Waals surface area contributed by atoms with E-state index in [2.05, 4.69) is 56.3 Å². The van der Waals surface area contributed by atoms with Crippen molar-refractivity contribution in [3.63, 3.8) is 0 Å². The van der Waals surface area contributed by atoms with E-state index in [1.807, 2.05) is 6.20 Å². The van der Waals surface area contributed by atoms with E-state index in [1.165, 1.54) is 28.6 Å². The maximum atomic E-state index is 11.3. The Morgan fingerprint density at radius 2 is 2.04 bits per heavy atom. The molecule has 0 radical (unpaired) electrons. The lowest BCUT2D eigenvalue weighted by Crippen LogP contribution is -2.34. The highest BCUT2D eigenvalue weighted by atomic mass is 16.1. The predicted octanol–water partition coefficient (Wildman–Crippen LogP) is 2.66. The SMILES string of the molecule is Cc1cccc(-c2cn[nH]c2C2CCN(c3cncc(C(N)=O)n3)CC2)c1. The molecule has 27 heavy (non-hydrogen) atoms. The van der Waals surface area contributed by atoms with Gasteiger partial charge in [-0.3, -0.25) is 14.9 Å². The summed E-state index contributed by atoms with van der Waals surface area (Å²) in [6.07, 6.45) is 6.95. The van der Waals surface area contributed by atoms with Crippen LogP contribution in [0.4, 0.5) is 5.82 Å². The number of aromatic nitrogens is 4. The van der Waals surface area contributed by atoms with Crippen LogP contribution in [0.2, 0.25) is 0 Å². The molecule has 1 aliphatic heterocycles. The van der Waals surface area contributed by atoms with Crippen molar-refractivity contribution < 1.29 is 4.79 Å². The molecular formula is C20H22N6O. The quantitative estimate of drug-likeness (QED) is 0.743. The fourth-order valence-electron chi connectivity index (χ4n) is 3.67. The van der Waals surface area contributed by atoms with Gasteiger partial charge in [0.2, 0.25) is 0 Å². The first-order valence-corrected chi connectivity index (χ1v) is 9.09. The summed E-state index contributed by atoms with van der Waals surface area (Å²) < 4.78 is 0. The third-order valence-corrected chi connectivity index (χ3v) is 5.10. The minimum absolute atomic E-state index is 0.199. The van der Waals surface area contributed by atoms with Crippen molar-refractivity contribution in [1.82, 2.24) is 20.2 Å². The topological polar surface area (TPSA) is 101 Å². The molecule has 1 fully saturated rings. The summed E-state index contributed by atoms with van der Waals surface area (Å²) in [5.41, 5.74) is 10.3. The van der Waals surface area contributed by atoms with Crippen molar-refractivity contribution in [2.45, 2.75) is 25.7 Å². The molecular weight excluding hydrogens is 340 g/mol. The van der Waals surface area contributed by atoms with Gasteiger partial charge in [0.15, 0.2) is 0 Å². The number of aromatic amines is 1. The highest BCUT2D eigenvalue weighted by Crippen LogP contribution is 2.34. The van der Waals surface area contributed by atoms with Crippen LogP contribution < -0.4 is 10.6 Å². The molecule has 0 unspecified atom stereocenters. The first-order chi connectivity index (χ1) is 13.1. The van der Waals surface area contributed by atoms with Crippen molar-refractivity contribution in [3.8, 4) is 11.1 Å². The zero-order valence-corrected chi connectivity index (χ0v) is 15.2. The number of nitrogens with two attached hydrogens (primary N) is 1. The zero-order chi connectivity index (χ0) is 18.8. The van der Waals surface area contributed by atoms with Gasteiger partial charge in [0.1, 0.15) is 11.5 Å². The minimum atomic E-state index is -0.556. The zero-order valence-electron chi connectivity index (χ0n) is 15.2. The van der Waals surface area contributed by atoms with Gasteiger partial charge in [0, 0.05) is 30.3 Å². The van der Waals surface area contributed by atoms with Gasteiger partial charge in [-0.05, 0) is 25.3 Å². The Morgan fingerprint density at radius 3 is 2.78 bits per heavy atom. The number of carbonyl (C=O) groups excluding carboxylic acids is 1. The molecule has 3 aromatic rings. The predicted molar refractivity (Wildman–Crippen MR) is 103 cm³/mol. The molecule has 138 valence electrons. The Kier molecular flexibility index (Phi) is 4.58. The Hall–Kier alpha value is -3.22. The lowest BCUT2D eigenvalue weighted by Gasteiger charge is -2.32. The lowest BCUT2D eigenvalue weighted by atomic mass is 9.89.